The second-order valence-electron chi connectivity index (χ2n) is 7.05. The standard InChI is InChI=1S/C24H20ClN3O4/c1-31-17-4-6-19-21(13-17)27-9-8-22(19)32-11-10-28-14-16(3-7-23(28)29)15-2-5-18(24(26)30)20(25)12-15/h2-9,12-14H,10-11H2,1H3,(H2,26,30). The lowest BCUT2D eigenvalue weighted by Gasteiger charge is -2.12. The van der Waals surface area contributed by atoms with Crippen molar-refractivity contribution in [3.05, 3.63) is 87.9 Å². The number of hydrogen-bond donors (Lipinski definition) is 1. The molecule has 8 heteroatoms. The number of methoxy groups -OCH3 is 1. The van der Waals surface area contributed by atoms with Gasteiger partial charge in [-0.25, -0.2) is 0 Å². The number of benzene rings is 2. The molecular weight excluding hydrogens is 430 g/mol. The zero-order chi connectivity index (χ0) is 22.7. The summed E-state index contributed by atoms with van der Waals surface area (Å²) in [5.41, 5.74) is 7.71. The van der Waals surface area contributed by atoms with Crippen molar-refractivity contribution in [1.82, 2.24) is 9.55 Å². The number of carbonyl (C=O) groups is 1. The molecule has 32 heavy (non-hydrogen) atoms. The van der Waals surface area contributed by atoms with E-state index in [0.717, 1.165) is 27.8 Å². The van der Waals surface area contributed by atoms with E-state index >= 15 is 0 Å². The van der Waals surface area contributed by atoms with Gasteiger partial charge in [-0.3, -0.25) is 14.6 Å². The summed E-state index contributed by atoms with van der Waals surface area (Å²) in [6.45, 7) is 0.635. The normalized spacial score (nSPS) is 10.8. The highest BCUT2D eigenvalue weighted by atomic mass is 35.5. The molecule has 7 nitrogen and oxygen atoms in total. The minimum absolute atomic E-state index is 0.151. The fourth-order valence-corrected chi connectivity index (χ4v) is 3.65. The third-order valence-corrected chi connectivity index (χ3v) is 5.36. The quantitative estimate of drug-likeness (QED) is 0.461. The molecule has 0 unspecified atom stereocenters. The summed E-state index contributed by atoms with van der Waals surface area (Å²) in [6.07, 6.45) is 3.40. The molecule has 0 radical (unpaired) electrons. The van der Waals surface area contributed by atoms with E-state index in [2.05, 4.69) is 4.98 Å². The maximum Gasteiger partial charge on any atom is 0.250 e. The van der Waals surface area contributed by atoms with Gasteiger partial charge in [-0.05, 0) is 47.5 Å². The van der Waals surface area contributed by atoms with Crippen LogP contribution < -0.4 is 20.8 Å². The minimum Gasteiger partial charge on any atom is -0.497 e. The number of ether oxygens (including phenoxy) is 2. The Morgan fingerprint density at radius 1 is 1.09 bits per heavy atom. The smallest absolute Gasteiger partial charge is 0.250 e. The molecule has 2 heterocycles. The van der Waals surface area contributed by atoms with Crippen LogP contribution in [0.25, 0.3) is 22.0 Å². The SMILES string of the molecule is COc1ccc2c(OCCn3cc(-c4ccc(C(N)=O)c(Cl)c4)ccc3=O)ccnc2c1. The third kappa shape index (κ3) is 4.43. The van der Waals surface area contributed by atoms with Gasteiger partial charge in [0, 0.05) is 29.9 Å². The molecule has 0 bridgehead atoms. The molecule has 2 aromatic heterocycles. The number of amides is 1. The molecule has 0 fully saturated rings. The van der Waals surface area contributed by atoms with Crippen molar-refractivity contribution < 1.29 is 14.3 Å². The predicted molar refractivity (Wildman–Crippen MR) is 123 cm³/mol. The molecule has 2 N–H and O–H groups in total. The molecule has 0 saturated carbocycles. The largest absolute Gasteiger partial charge is 0.497 e. The number of fused-ring (bicyclic) bond motifs is 1. The second-order valence-corrected chi connectivity index (χ2v) is 7.46. The average Bonchev–Trinajstić information content (AvgIpc) is 2.79. The number of halogens is 1. The molecule has 0 atom stereocenters. The van der Waals surface area contributed by atoms with Crippen LogP contribution in [0.3, 0.4) is 0 Å². The highest BCUT2D eigenvalue weighted by molar-refractivity contribution is 6.34. The Morgan fingerprint density at radius 3 is 2.66 bits per heavy atom. The van der Waals surface area contributed by atoms with Crippen LogP contribution in [-0.4, -0.2) is 29.2 Å². The van der Waals surface area contributed by atoms with Gasteiger partial charge in [0.15, 0.2) is 0 Å². The Kier molecular flexibility index (Phi) is 6.09. The molecular formula is C24H20ClN3O4. The highest BCUT2D eigenvalue weighted by Gasteiger charge is 2.10. The van der Waals surface area contributed by atoms with Crippen molar-refractivity contribution in [2.45, 2.75) is 6.54 Å². The van der Waals surface area contributed by atoms with Crippen molar-refractivity contribution in [2.24, 2.45) is 5.73 Å². The van der Waals surface area contributed by atoms with E-state index < -0.39 is 5.91 Å². The maximum absolute atomic E-state index is 12.3. The van der Waals surface area contributed by atoms with Crippen LogP contribution in [0.4, 0.5) is 0 Å². The van der Waals surface area contributed by atoms with Gasteiger partial charge in [-0.1, -0.05) is 17.7 Å². The summed E-state index contributed by atoms with van der Waals surface area (Å²) < 4.78 is 12.8. The average molecular weight is 450 g/mol. The first-order valence-corrected chi connectivity index (χ1v) is 10.2. The molecule has 0 spiro atoms. The van der Waals surface area contributed by atoms with Gasteiger partial charge in [0.25, 0.3) is 5.56 Å². The number of nitrogens with zero attached hydrogens (tertiary/aromatic N) is 2. The van der Waals surface area contributed by atoms with Crippen molar-refractivity contribution in [2.75, 3.05) is 13.7 Å². The molecule has 1 amide bonds. The van der Waals surface area contributed by atoms with Gasteiger partial charge >= 0.3 is 0 Å². The summed E-state index contributed by atoms with van der Waals surface area (Å²) in [4.78, 5) is 28.1. The summed E-state index contributed by atoms with van der Waals surface area (Å²) >= 11 is 6.16. The Balaban J connectivity index is 1.52. The van der Waals surface area contributed by atoms with E-state index in [-0.39, 0.29) is 22.8 Å². The van der Waals surface area contributed by atoms with Crippen molar-refractivity contribution in [3.63, 3.8) is 0 Å². The van der Waals surface area contributed by atoms with E-state index in [9.17, 15) is 9.59 Å². The number of hydrogen-bond acceptors (Lipinski definition) is 5. The maximum atomic E-state index is 12.3. The molecule has 4 rings (SSSR count). The van der Waals surface area contributed by atoms with Crippen LogP contribution >= 0.6 is 11.6 Å². The van der Waals surface area contributed by atoms with Crippen LogP contribution in [-0.2, 0) is 6.54 Å². The summed E-state index contributed by atoms with van der Waals surface area (Å²) in [5.74, 6) is 0.802. The molecule has 162 valence electrons. The summed E-state index contributed by atoms with van der Waals surface area (Å²) in [7, 11) is 1.60. The van der Waals surface area contributed by atoms with Gasteiger partial charge in [0.2, 0.25) is 5.91 Å². The van der Waals surface area contributed by atoms with E-state index in [1.54, 1.807) is 54.4 Å². The van der Waals surface area contributed by atoms with Crippen molar-refractivity contribution in [1.29, 1.82) is 0 Å². The number of primary amides is 1. The van der Waals surface area contributed by atoms with Crippen LogP contribution in [0.1, 0.15) is 10.4 Å². The monoisotopic (exact) mass is 449 g/mol. The summed E-state index contributed by atoms with van der Waals surface area (Å²) in [6, 6.07) is 15.5. The number of pyridine rings is 2. The van der Waals surface area contributed by atoms with Gasteiger partial charge in [0.05, 0.1) is 29.8 Å². The first-order chi connectivity index (χ1) is 15.5. The molecule has 2 aromatic carbocycles. The number of nitrogens with two attached hydrogens (primary N) is 1. The number of aromatic nitrogens is 2. The third-order valence-electron chi connectivity index (χ3n) is 5.05. The Morgan fingerprint density at radius 2 is 1.91 bits per heavy atom. The number of carbonyl (C=O) groups excluding carboxylic acids is 1. The Bertz CT molecular complexity index is 1370. The lowest BCUT2D eigenvalue weighted by Crippen LogP contribution is -2.22. The summed E-state index contributed by atoms with van der Waals surface area (Å²) in [5, 5.41) is 1.12. The van der Waals surface area contributed by atoms with Gasteiger partial charge in [0.1, 0.15) is 18.1 Å². The van der Waals surface area contributed by atoms with Gasteiger partial charge < -0.3 is 19.8 Å². The van der Waals surface area contributed by atoms with Gasteiger partial charge in [-0.15, -0.1) is 0 Å². The Labute approximate surface area is 189 Å². The van der Waals surface area contributed by atoms with Gasteiger partial charge in [-0.2, -0.15) is 0 Å². The zero-order valence-electron chi connectivity index (χ0n) is 17.2. The first kappa shape index (κ1) is 21.4. The van der Waals surface area contributed by atoms with Crippen molar-refractivity contribution >= 4 is 28.4 Å². The van der Waals surface area contributed by atoms with Crippen LogP contribution in [0.2, 0.25) is 5.02 Å². The first-order valence-electron chi connectivity index (χ1n) is 9.82. The zero-order valence-corrected chi connectivity index (χ0v) is 18.0. The van der Waals surface area contributed by atoms with Crippen molar-refractivity contribution in [3.8, 4) is 22.6 Å². The molecule has 0 aliphatic rings. The topological polar surface area (TPSA) is 96.4 Å². The number of rotatable bonds is 7. The van der Waals surface area contributed by atoms with E-state index in [4.69, 9.17) is 26.8 Å². The van der Waals surface area contributed by atoms with Crippen LogP contribution in [0.15, 0.2) is 71.8 Å². The Hall–Kier alpha value is -3.84. The molecule has 0 saturated heterocycles. The van der Waals surface area contributed by atoms with E-state index in [1.165, 1.54) is 6.07 Å². The van der Waals surface area contributed by atoms with Crippen LogP contribution in [0.5, 0.6) is 11.5 Å². The lowest BCUT2D eigenvalue weighted by molar-refractivity contribution is 0.100. The predicted octanol–water partition coefficient (Wildman–Crippen LogP) is 3.90. The highest BCUT2D eigenvalue weighted by Crippen LogP contribution is 2.27. The molecule has 4 aromatic rings. The van der Waals surface area contributed by atoms with E-state index in [1.807, 2.05) is 18.2 Å². The molecule has 0 aliphatic carbocycles. The fraction of sp³-hybridized carbons (Fsp3) is 0.125. The fourth-order valence-electron chi connectivity index (χ4n) is 3.38. The van der Waals surface area contributed by atoms with Crippen LogP contribution in [0, 0.1) is 0 Å². The second kappa shape index (κ2) is 9.11. The van der Waals surface area contributed by atoms with E-state index in [0.29, 0.717) is 12.3 Å². The minimum atomic E-state index is -0.592. The lowest BCUT2D eigenvalue weighted by atomic mass is 10.1. The molecule has 0 aliphatic heterocycles.